The smallest absolute Gasteiger partial charge is 0.0453 e. The molecule has 1 unspecified atom stereocenters. The van der Waals surface area contributed by atoms with E-state index in [0.717, 1.165) is 29.3 Å². The van der Waals surface area contributed by atoms with Crippen LogP contribution in [-0.4, -0.2) is 6.04 Å². The summed E-state index contributed by atoms with van der Waals surface area (Å²) in [5, 5.41) is 1.40. The predicted octanol–water partition coefficient (Wildman–Crippen LogP) is 3.56. The minimum Gasteiger partial charge on any atom is -0.271 e. The fourth-order valence-electron chi connectivity index (χ4n) is 2.29. The SMILES string of the molecule is NNC(Cc1ccc(Cl)cc1Cl)CC1CCC1. The molecule has 1 aromatic carbocycles. The Bertz CT molecular complexity index is 378. The van der Waals surface area contributed by atoms with Crippen molar-refractivity contribution in [1.82, 2.24) is 5.43 Å². The molecule has 1 aliphatic rings. The third-order valence-electron chi connectivity index (χ3n) is 3.56. The molecule has 2 nitrogen and oxygen atoms in total. The molecule has 3 N–H and O–H groups in total. The van der Waals surface area contributed by atoms with E-state index in [-0.39, 0.29) is 0 Å². The van der Waals surface area contributed by atoms with Crippen molar-refractivity contribution in [3.63, 3.8) is 0 Å². The van der Waals surface area contributed by atoms with Gasteiger partial charge in [0.05, 0.1) is 0 Å². The zero-order chi connectivity index (χ0) is 12.3. The summed E-state index contributed by atoms with van der Waals surface area (Å²) in [6.07, 6.45) is 6.04. The van der Waals surface area contributed by atoms with Gasteiger partial charge in [0.1, 0.15) is 0 Å². The molecule has 1 aliphatic carbocycles. The Morgan fingerprint density at radius 2 is 2.12 bits per heavy atom. The van der Waals surface area contributed by atoms with Gasteiger partial charge in [0.25, 0.3) is 0 Å². The minimum atomic E-state index is 0.305. The lowest BCUT2D eigenvalue weighted by Crippen LogP contribution is -2.39. The van der Waals surface area contributed by atoms with E-state index in [9.17, 15) is 0 Å². The molecule has 0 heterocycles. The quantitative estimate of drug-likeness (QED) is 0.636. The van der Waals surface area contributed by atoms with E-state index >= 15 is 0 Å². The molecule has 1 atom stereocenters. The Morgan fingerprint density at radius 3 is 2.65 bits per heavy atom. The highest BCUT2D eigenvalue weighted by molar-refractivity contribution is 6.35. The van der Waals surface area contributed by atoms with E-state index < -0.39 is 0 Å². The van der Waals surface area contributed by atoms with Gasteiger partial charge in [-0.15, -0.1) is 0 Å². The average molecular weight is 273 g/mol. The molecule has 0 saturated heterocycles. The minimum absolute atomic E-state index is 0.305. The van der Waals surface area contributed by atoms with Crippen LogP contribution in [0.1, 0.15) is 31.2 Å². The zero-order valence-electron chi connectivity index (χ0n) is 9.76. The molecule has 0 spiro atoms. The van der Waals surface area contributed by atoms with Gasteiger partial charge in [-0.05, 0) is 36.5 Å². The second-order valence-electron chi connectivity index (χ2n) is 4.84. The van der Waals surface area contributed by atoms with Crippen LogP contribution in [0.2, 0.25) is 10.0 Å². The number of halogens is 2. The lowest BCUT2D eigenvalue weighted by atomic mass is 9.80. The van der Waals surface area contributed by atoms with Gasteiger partial charge < -0.3 is 0 Å². The first-order valence-corrected chi connectivity index (χ1v) is 6.84. The van der Waals surface area contributed by atoms with E-state index in [1.807, 2.05) is 12.1 Å². The number of nitrogens with one attached hydrogen (secondary N) is 1. The topological polar surface area (TPSA) is 38.0 Å². The molecule has 0 aromatic heterocycles. The van der Waals surface area contributed by atoms with Crippen molar-refractivity contribution < 1.29 is 0 Å². The molecular weight excluding hydrogens is 255 g/mol. The maximum absolute atomic E-state index is 6.16. The van der Waals surface area contributed by atoms with E-state index in [1.165, 1.54) is 19.3 Å². The summed E-state index contributed by atoms with van der Waals surface area (Å²) >= 11 is 12.0. The Kier molecular flexibility index (Phi) is 4.69. The lowest BCUT2D eigenvalue weighted by molar-refractivity contribution is 0.259. The first-order valence-electron chi connectivity index (χ1n) is 6.09. The summed E-state index contributed by atoms with van der Waals surface area (Å²) in [6, 6.07) is 5.95. The van der Waals surface area contributed by atoms with Crippen LogP contribution in [0.5, 0.6) is 0 Å². The fourth-order valence-corrected chi connectivity index (χ4v) is 2.78. The van der Waals surface area contributed by atoms with Gasteiger partial charge in [-0.3, -0.25) is 11.3 Å². The molecule has 4 heteroatoms. The molecule has 2 rings (SSSR count). The van der Waals surface area contributed by atoms with Gasteiger partial charge in [0.2, 0.25) is 0 Å². The van der Waals surface area contributed by atoms with Crippen molar-refractivity contribution in [2.45, 2.75) is 38.1 Å². The Labute approximate surface area is 112 Å². The average Bonchev–Trinajstić information content (AvgIpc) is 2.24. The highest BCUT2D eigenvalue weighted by Crippen LogP contribution is 2.31. The summed E-state index contributed by atoms with van der Waals surface area (Å²) < 4.78 is 0. The van der Waals surface area contributed by atoms with Crippen LogP contribution >= 0.6 is 23.2 Å². The highest BCUT2D eigenvalue weighted by atomic mass is 35.5. The predicted molar refractivity (Wildman–Crippen MR) is 73.2 cm³/mol. The van der Waals surface area contributed by atoms with Crippen LogP contribution in [0, 0.1) is 5.92 Å². The first-order chi connectivity index (χ1) is 8.19. The first kappa shape index (κ1) is 13.2. The molecule has 94 valence electrons. The van der Waals surface area contributed by atoms with E-state index in [1.54, 1.807) is 6.07 Å². The van der Waals surface area contributed by atoms with Crippen molar-refractivity contribution in [2.75, 3.05) is 0 Å². The molecule has 0 aliphatic heterocycles. The normalized spacial score (nSPS) is 17.8. The number of hydrogen-bond acceptors (Lipinski definition) is 2. The van der Waals surface area contributed by atoms with E-state index in [2.05, 4.69) is 5.43 Å². The molecule has 0 radical (unpaired) electrons. The van der Waals surface area contributed by atoms with Crippen LogP contribution in [0.15, 0.2) is 18.2 Å². The molecular formula is C13H18Cl2N2. The Hall–Kier alpha value is -0.280. The van der Waals surface area contributed by atoms with Crippen molar-refractivity contribution in [3.05, 3.63) is 33.8 Å². The number of rotatable bonds is 5. The molecule has 1 saturated carbocycles. The molecule has 0 bridgehead atoms. The number of benzene rings is 1. The van der Waals surface area contributed by atoms with E-state index in [4.69, 9.17) is 29.0 Å². The van der Waals surface area contributed by atoms with Crippen molar-refractivity contribution in [3.8, 4) is 0 Å². The van der Waals surface area contributed by atoms with Crippen LogP contribution in [0.4, 0.5) is 0 Å². The van der Waals surface area contributed by atoms with Crippen molar-refractivity contribution >= 4 is 23.2 Å². The van der Waals surface area contributed by atoms with Gasteiger partial charge in [0.15, 0.2) is 0 Å². The van der Waals surface area contributed by atoms with Gasteiger partial charge in [-0.1, -0.05) is 48.5 Å². The van der Waals surface area contributed by atoms with Crippen LogP contribution in [0.3, 0.4) is 0 Å². The largest absolute Gasteiger partial charge is 0.271 e. The summed E-state index contributed by atoms with van der Waals surface area (Å²) in [4.78, 5) is 0. The van der Waals surface area contributed by atoms with Gasteiger partial charge in [-0.2, -0.15) is 0 Å². The van der Waals surface area contributed by atoms with Gasteiger partial charge >= 0.3 is 0 Å². The maximum Gasteiger partial charge on any atom is 0.0453 e. The summed E-state index contributed by atoms with van der Waals surface area (Å²) in [5.74, 6) is 6.44. The third kappa shape index (κ3) is 3.59. The maximum atomic E-state index is 6.16. The molecule has 1 fully saturated rings. The zero-order valence-corrected chi connectivity index (χ0v) is 11.3. The summed E-state index contributed by atoms with van der Waals surface area (Å²) in [5.41, 5.74) is 4.01. The standard InChI is InChI=1S/C13H18Cl2N2/c14-11-5-4-10(13(15)8-11)7-12(17-16)6-9-2-1-3-9/h4-5,8-9,12,17H,1-3,6-7,16H2. The molecule has 0 amide bonds. The summed E-state index contributed by atoms with van der Waals surface area (Å²) in [6.45, 7) is 0. The van der Waals surface area contributed by atoms with Crippen molar-refractivity contribution in [2.24, 2.45) is 11.8 Å². The molecule has 17 heavy (non-hydrogen) atoms. The third-order valence-corrected chi connectivity index (χ3v) is 4.15. The van der Waals surface area contributed by atoms with Gasteiger partial charge in [-0.25, -0.2) is 0 Å². The number of nitrogens with two attached hydrogens (primary N) is 1. The monoisotopic (exact) mass is 272 g/mol. The highest BCUT2D eigenvalue weighted by Gasteiger charge is 2.22. The number of hydrogen-bond donors (Lipinski definition) is 2. The van der Waals surface area contributed by atoms with Crippen LogP contribution < -0.4 is 11.3 Å². The second kappa shape index (κ2) is 6.05. The Balaban J connectivity index is 1.96. The Morgan fingerprint density at radius 1 is 1.35 bits per heavy atom. The van der Waals surface area contributed by atoms with Crippen molar-refractivity contribution in [1.29, 1.82) is 0 Å². The fraction of sp³-hybridized carbons (Fsp3) is 0.538. The summed E-state index contributed by atoms with van der Waals surface area (Å²) in [7, 11) is 0. The second-order valence-corrected chi connectivity index (χ2v) is 5.68. The van der Waals surface area contributed by atoms with E-state index in [0.29, 0.717) is 11.1 Å². The molecule has 1 aromatic rings. The van der Waals surface area contributed by atoms with Crippen LogP contribution in [0.25, 0.3) is 0 Å². The van der Waals surface area contributed by atoms with Gasteiger partial charge in [0, 0.05) is 16.1 Å². The number of hydrazine groups is 1. The van der Waals surface area contributed by atoms with Crippen LogP contribution in [-0.2, 0) is 6.42 Å². The lowest BCUT2D eigenvalue weighted by Gasteiger charge is -2.29.